The summed E-state index contributed by atoms with van der Waals surface area (Å²) >= 11 is 0. The van der Waals surface area contributed by atoms with Gasteiger partial charge in [-0.1, -0.05) is 36.4 Å². The lowest BCUT2D eigenvalue weighted by Crippen LogP contribution is -2.24. The van der Waals surface area contributed by atoms with Crippen LogP contribution in [-0.2, 0) is 6.54 Å². The number of aromatic nitrogens is 1. The lowest BCUT2D eigenvalue weighted by atomic mass is 9.92. The minimum Gasteiger partial charge on any atom is -0.299 e. The fraction of sp³-hybridized carbons (Fsp3) is 0.389. The molecule has 1 atom stereocenters. The fourth-order valence-electron chi connectivity index (χ4n) is 3.12. The summed E-state index contributed by atoms with van der Waals surface area (Å²) in [5, 5.41) is 0. The highest BCUT2D eigenvalue weighted by molar-refractivity contribution is 5.19. The molecule has 0 aliphatic carbocycles. The van der Waals surface area contributed by atoms with Gasteiger partial charge in [0.1, 0.15) is 0 Å². The van der Waals surface area contributed by atoms with E-state index in [-0.39, 0.29) is 0 Å². The van der Waals surface area contributed by atoms with Crippen LogP contribution >= 0.6 is 0 Å². The number of nitrogens with zero attached hydrogens (tertiary/aromatic N) is 2. The van der Waals surface area contributed by atoms with E-state index in [9.17, 15) is 0 Å². The summed E-state index contributed by atoms with van der Waals surface area (Å²) in [5.74, 6) is 0.732. The zero-order chi connectivity index (χ0) is 13.6. The Morgan fingerprint density at radius 1 is 1.00 bits per heavy atom. The van der Waals surface area contributed by atoms with Gasteiger partial charge >= 0.3 is 0 Å². The first-order chi connectivity index (χ1) is 9.92. The largest absolute Gasteiger partial charge is 0.299 e. The molecule has 2 heteroatoms. The monoisotopic (exact) mass is 266 g/mol. The molecule has 0 spiro atoms. The average Bonchev–Trinajstić information content (AvgIpc) is 2.75. The molecule has 104 valence electrons. The second-order valence-corrected chi connectivity index (χ2v) is 5.68. The van der Waals surface area contributed by atoms with E-state index >= 15 is 0 Å². The quantitative estimate of drug-likeness (QED) is 0.839. The van der Waals surface area contributed by atoms with Crippen LogP contribution in [0.4, 0.5) is 0 Å². The van der Waals surface area contributed by atoms with Crippen molar-refractivity contribution in [2.75, 3.05) is 13.1 Å². The van der Waals surface area contributed by atoms with Gasteiger partial charge in [0.05, 0.1) is 0 Å². The predicted molar refractivity (Wildman–Crippen MR) is 82.5 cm³/mol. The van der Waals surface area contributed by atoms with E-state index in [1.165, 1.54) is 43.5 Å². The van der Waals surface area contributed by atoms with Gasteiger partial charge in [-0.15, -0.1) is 0 Å². The van der Waals surface area contributed by atoms with Crippen LogP contribution in [0.3, 0.4) is 0 Å². The minimum atomic E-state index is 0.732. The summed E-state index contributed by atoms with van der Waals surface area (Å²) in [6.45, 7) is 3.43. The molecule has 0 amide bonds. The van der Waals surface area contributed by atoms with Crippen molar-refractivity contribution in [2.24, 2.45) is 0 Å². The third kappa shape index (κ3) is 3.45. The molecule has 3 rings (SSSR count). The lowest BCUT2D eigenvalue weighted by Gasteiger charge is -2.20. The van der Waals surface area contributed by atoms with Crippen molar-refractivity contribution in [1.82, 2.24) is 9.88 Å². The Morgan fingerprint density at radius 3 is 2.70 bits per heavy atom. The van der Waals surface area contributed by atoms with Crippen LogP contribution in [0.1, 0.15) is 36.3 Å². The van der Waals surface area contributed by atoms with Crippen molar-refractivity contribution in [1.29, 1.82) is 0 Å². The van der Waals surface area contributed by atoms with Gasteiger partial charge in [-0.05, 0) is 55.5 Å². The van der Waals surface area contributed by atoms with Gasteiger partial charge in [0.2, 0.25) is 0 Å². The highest BCUT2D eigenvalue weighted by Gasteiger charge is 2.18. The second kappa shape index (κ2) is 6.67. The normalized spacial score (nSPS) is 20.5. The summed E-state index contributed by atoms with van der Waals surface area (Å²) in [6, 6.07) is 15.2. The van der Waals surface area contributed by atoms with E-state index in [1.54, 1.807) is 0 Å². The lowest BCUT2D eigenvalue weighted by molar-refractivity contribution is 0.275. The Labute approximate surface area is 121 Å². The van der Waals surface area contributed by atoms with Crippen LogP contribution in [-0.4, -0.2) is 23.0 Å². The summed E-state index contributed by atoms with van der Waals surface area (Å²) in [7, 11) is 0. The highest BCUT2D eigenvalue weighted by Crippen LogP contribution is 2.28. The molecule has 1 saturated heterocycles. The molecule has 0 bridgehead atoms. The molecule has 0 radical (unpaired) electrons. The number of rotatable bonds is 3. The number of hydrogen-bond donors (Lipinski definition) is 0. The molecule has 2 nitrogen and oxygen atoms in total. The summed E-state index contributed by atoms with van der Waals surface area (Å²) in [5.41, 5.74) is 2.83. The Bertz CT molecular complexity index is 509. The van der Waals surface area contributed by atoms with Crippen molar-refractivity contribution < 1.29 is 0 Å². The molecule has 1 aromatic carbocycles. The Morgan fingerprint density at radius 2 is 1.90 bits per heavy atom. The molecule has 1 aromatic heterocycles. The average molecular weight is 266 g/mol. The van der Waals surface area contributed by atoms with Crippen LogP contribution in [0.15, 0.2) is 54.9 Å². The molecule has 1 fully saturated rings. The molecule has 0 unspecified atom stereocenters. The Kier molecular flexibility index (Phi) is 4.44. The van der Waals surface area contributed by atoms with Gasteiger partial charge in [-0.25, -0.2) is 0 Å². The first-order valence-electron chi connectivity index (χ1n) is 7.58. The van der Waals surface area contributed by atoms with Gasteiger partial charge < -0.3 is 0 Å². The van der Waals surface area contributed by atoms with Crippen molar-refractivity contribution in [2.45, 2.75) is 31.7 Å². The molecule has 2 aromatic rings. The molecule has 1 aliphatic heterocycles. The van der Waals surface area contributed by atoms with Crippen LogP contribution in [0.5, 0.6) is 0 Å². The maximum absolute atomic E-state index is 4.21. The molecule has 1 aliphatic rings. The third-order valence-electron chi connectivity index (χ3n) is 4.22. The van der Waals surface area contributed by atoms with E-state index in [1.807, 2.05) is 18.5 Å². The third-order valence-corrected chi connectivity index (χ3v) is 4.22. The van der Waals surface area contributed by atoms with Crippen LogP contribution in [0.2, 0.25) is 0 Å². The van der Waals surface area contributed by atoms with Crippen molar-refractivity contribution in [3.05, 3.63) is 66.0 Å². The first kappa shape index (κ1) is 13.3. The van der Waals surface area contributed by atoms with Crippen molar-refractivity contribution >= 4 is 0 Å². The van der Waals surface area contributed by atoms with Gasteiger partial charge in [-0.2, -0.15) is 0 Å². The van der Waals surface area contributed by atoms with E-state index in [0.717, 1.165) is 12.5 Å². The Hall–Kier alpha value is -1.67. The molecule has 20 heavy (non-hydrogen) atoms. The van der Waals surface area contributed by atoms with E-state index in [0.29, 0.717) is 0 Å². The smallest absolute Gasteiger partial charge is 0.0312 e. The minimum absolute atomic E-state index is 0.732. The summed E-state index contributed by atoms with van der Waals surface area (Å²) in [4.78, 5) is 6.78. The van der Waals surface area contributed by atoms with Gasteiger partial charge in [-0.3, -0.25) is 9.88 Å². The van der Waals surface area contributed by atoms with Crippen LogP contribution in [0, 0.1) is 0 Å². The van der Waals surface area contributed by atoms with E-state index in [2.05, 4.69) is 46.3 Å². The van der Waals surface area contributed by atoms with Gasteiger partial charge in [0, 0.05) is 18.9 Å². The zero-order valence-electron chi connectivity index (χ0n) is 11.9. The maximum atomic E-state index is 4.21. The summed E-state index contributed by atoms with van der Waals surface area (Å²) in [6.07, 6.45) is 7.70. The second-order valence-electron chi connectivity index (χ2n) is 5.68. The van der Waals surface area contributed by atoms with E-state index < -0.39 is 0 Å². The first-order valence-corrected chi connectivity index (χ1v) is 7.58. The standard InChI is InChI=1S/C18H22N2/c1-2-7-17(8-3-1)18-9-5-12-20(13-10-18)15-16-6-4-11-19-14-16/h1-4,6-8,11,14,18H,5,9-10,12-13,15H2/t18-/m1/s1. The van der Waals surface area contributed by atoms with Crippen LogP contribution < -0.4 is 0 Å². The molecular formula is C18H22N2. The SMILES string of the molecule is c1ccc([C@@H]2CCCN(Cc3cccnc3)CC2)cc1. The highest BCUT2D eigenvalue weighted by atomic mass is 15.1. The maximum Gasteiger partial charge on any atom is 0.0312 e. The molecule has 0 N–H and O–H groups in total. The topological polar surface area (TPSA) is 16.1 Å². The number of benzene rings is 1. The summed E-state index contributed by atoms with van der Waals surface area (Å²) < 4.78 is 0. The van der Waals surface area contributed by atoms with Gasteiger partial charge in [0.15, 0.2) is 0 Å². The number of pyridine rings is 1. The Balaban J connectivity index is 1.60. The van der Waals surface area contributed by atoms with Crippen LogP contribution in [0.25, 0.3) is 0 Å². The fourth-order valence-corrected chi connectivity index (χ4v) is 3.12. The zero-order valence-corrected chi connectivity index (χ0v) is 11.9. The van der Waals surface area contributed by atoms with Crippen molar-refractivity contribution in [3.8, 4) is 0 Å². The van der Waals surface area contributed by atoms with E-state index in [4.69, 9.17) is 0 Å². The molecule has 2 heterocycles. The molecule has 0 saturated carbocycles. The molecular weight excluding hydrogens is 244 g/mol. The number of likely N-dealkylation sites (tertiary alicyclic amines) is 1. The van der Waals surface area contributed by atoms with Crippen molar-refractivity contribution in [3.63, 3.8) is 0 Å². The predicted octanol–water partition coefficient (Wildman–Crippen LogP) is 3.85. The van der Waals surface area contributed by atoms with Gasteiger partial charge in [0.25, 0.3) is 0 Å². The number of hydrogen-bond acceptors (Lipinski definition) is 2.